The number of aromatic nitrogens is 2. The monoisotopic (exact) mass is 510 g/mol. The molecule has 2 aromatic rings. The van der Waals surface area contributed by atoms with Gasteiger partial charge in [0.15, 0.2) is 11.6 Å². The summed E-state index contributed by atoms with van der Waals surface area (Å²) in [6.45, 7) is 2.00. The number of aliphatic carboxylic acids is 1. The number of amides is 1. The number of nitrogens with zero attached hydrogens (tertiary/aromatic N) is 4. The average Bonchev–Trinajstić information content (AvgIpc) is 2.81. The molecule has 0 bridgehead atoms. The van der Waals surface area contributed by atoms with Crippen molar-refractivity contribution in [2.75, 3.05) is 35.6 Å². The number of halogens is 4. The number of rotatable bonds is 5. The summed E-state index contributed by atoms with van der Waals surface area (Å²) in [4.78, 5) is 36.0. The van der Waals surface area contributed by atoms with Crippen molar-refractivity contribution in [3.63, 3.8) is 0 Å². The van der Waals surface area contributed by atoms with Gasteiger partial charge < -0.3 is 26.0 Å². The third kappa shape index (κ3) is 5.14. The molecule has 13 heteroatoms. The van der Waals surface area contributed by atoms with Gasteiger partial charge in [-0.1, -0.05) is 0 Å². The lowest BCUT2D eigenvalue weighted by atomic mass is 9.88. The fourth-order valence-electron chi connectivity index (χ4n) is 4.92. The molecular weight excluding hydrogens is 484 g/mol. The van der Waals surface area contributed by atoms with Gasteiger partial charge in [0, 0.05) is 25.3 Å². The van der Waals surface area contributed by atoms with Crippen LogP contribution in [0, 0.1) is 18.7 Å². The van der Waals surface area contributed by atoms with Crippen molar-refractivity contribution in [1.29, 1.82) is 0 Å². The van der Waals surface area contributed by atoms with E-state index in [0.717, 1.165) is 18.5 Å². The lowest BCUT2D eigenvalue weighted by Crippen LogP contribution is -2.61. The fraction of sp³-hybridized carbons (Fsp3) is 0.478. The van der Waals surface area contributed by atoms with Crippen LogP contribution in [-0.4, -0.2) is 63.6 Å². The van der Waals surface area contributed by atoms with E-state index in [1.54, 1.807) is 0 Å². The van der Waals surface area contributed by atoms with Crippen LogP contribution in [0.3, 0.4) is 0 Å². The highest BCUT2D eigenvalue weighted by molar-refractivity contribution is 5.86. The Morgan fingerprint density at radius 3 is 2.64 bits per heavy atom. The number of likely N-dealkylation sites (tertiary alicyclic amines) is 1. The zero-order valence-corrected chi connectivity index (χ0v) is 19.4. The molecule has 3 atom stereocenters. The van der Waals surface area contributed by atoms with Gasteiger partial charge >= 0.3 is 12.1 Å². The summed E-state index contributed by atoms with van der Waals surface area (Å²) < 4.78 is 54.3. The Bertz CT molecular complexity index is 1160. The third-order valence-electron chi connectivity index (χ3n) is 6.62. The largest absolute Gasteiger partial charge is 0.481 e. The number of anilines is 3. The number of alkyl halides is 3. The molecule has 2 aliphatic heterocycles. The summed E-state index contributed by atoms with van der Waals surface area (Å²) in [5.41, 5.74) is 5.26. The molecule has 0 saturated carbocycles. The highest BCUT2D eigenvalue weighted by Gasteiger charge is 2.43. The van der Waals surface area contributed by atoms with Crippen molar-refractivity contribution in [2.45, 2.75) is 44.4 Å². The Hall–Kier alpha value is -3.64. The van der Waals surface area contributed by atoms with Crippen LogP contribution in [-0.2, 0) is 15.8 Å². The topological polar surface area (TPSA) is 125 Å². The van der Waals surface area contributed by atoms with E-state index in [1.165, 1.54) is 22.8 Å². The quantitative estimate of drug-likeness (QED) is 0.525. The van der Waals surface area contributed by atoms with Crippen molar-refractivity contribution in [3.8, 4) is 0 Å². The molecule has 36 heavy (non-hydrogen) atoms. The van der Waals surface area contributed by atoms with Crippen molar-refractivity contribution in [1.82, 2.24) is 14.9 Å². The first-order chi connectivity index (χ1) is 17.0. The zero-order chi connectivity index (χ0) is 26.2. The van der Waals surface area contributed by atoms with Crippen LogP contribution in [0.2, 0.25) is 0 Å². The minimum atomic E-state index is -4.54. The maximum absolute atomic E-state index is 14.6. The molecule has 1 amide bonds. The Morgan fingerprint density at radius 2 is 1.94 bits per heavy atom. The minimum absolute atomic E-state index is 0.00542. The molecule has 1 aromatic carbocycles. The van der Waals surface area contributed by atoms with Crippen LogP contribution >= 0.6 is 0 Å². The molecule has 0 aliphatic carbocycles. The molecule has 1 aromatic heterocycles. The van der Waals surface area contributed by atoms with Gasteiger partial charge in [-0.2, -0.15) is 17.6 Å². The summed E-state index contributed by atoms with van der Waals surface area (Å²) >= 11 is 0. The molecule has 0 unspecified atom stereocenters. The predicted octanol–water partition coefficient (Wildman–Crippen LogP) is 2.91. The lowest BCUT2D eigenvalue weighted by molar-refractivity contribution is -0.149. The van der Waals surface area contributed by atoms with Crippen LogP contribution in [0.5, 0.6) is 0 Å². The summed E-state index contributed by atoms with van der Waals surface area (Å²) in [6.07, 6.45) is -2.41. The van der Waals surface area contributed by atoms with Gasteiger partial charge in [0.2, 0.25) is 11.7 Å². The molecular formula is C23H26F4N6O3. The summed E-state index contributed by atoms with van der Waals surface area (Å²) in [6, 6.07) is 1.86. The number of carboxylic acids is 1. The van der Waals surface area contributed by atoms with Crippen LogP contribution in [0.1, 0.15) is 30.4 Å². The third-order valence-corrected chi connectivity index (χ3v) is 6.62. The number of piperidine rings is 2. The first-order valence-corrected chi connectivity index (χ1v) is 11.5. The molecule has 2 aliphatic rings. The fourth-order valence-corrected chi connectivity index (χ4v) is 4.92. The van der Waals surface area contributed by atoms with Crippen molar-refractivity contribution < 1.29 is 32.3 Å². The van der Waals surface area contributed by atoms with Gasteiger partial charge in [0.05, 0.1) is 17.5 Å². The van der Waals surface area contributed by atoms with E-state index in [4.69, 9.17) is 5.73 Å². The van der Waals surface area contributed by atoms with E-state index in [9.17, 15) is 32.3 Å². The predicted molar refractivity (Wildman–Crippen MR) is 123 cm³/mol. The summed E-state index contributed by atoms with van der Waals surface area (Å²) in [5, 5.41) is 12.7. The maximum Gasteiger partial charge on any atom is 0.416 e. The number of benzene rings is 1. The molecule has 4 N–H and O–H groups in total. The van der Waals surface area contributed by atoms with E-state index in [0.29, 0.717) is 18.4 Å². The number of carbonyl (C=O) groups is 2. The van der Waals surface area contributed by atoms with Gasteiger partial charge in [-0.15, -0.1) is 0 Å². The van der Waals surface area contributed by atoms with Crippen molar-refractivity contribution in [2.24, 2.45) is 5.92 Å². The van der Waals surface area contributed by atoms with E-state index in [-0.39, 0.29) is 43.4 Å². The normalized spacial score (nSPS) is 23.0. The van der Waals surface area contributed by atoms with Gasteiger partial charge in [-0.05, 0) is 49.9 Å². The van der Waals surface area contributed by atoms with E-state index in [1.807, 2.05) is 0 Å². The Balaban J connectivity index is 1.57. The average molecular weight is 510 g/mol. The van der Waals surface area contributed by atoms with Gasteiger partial charge in [0.1, 0.15) is 12.4 Å². The van der Waals surface area contributed by atoms with E-state index < -0.39 is 47.4 Å². The summed E-state index contributed by atoms with van der Waals surface area (Å²) in [7, 11) is 0. The standard InChI is InChI=1S/C23H26F4N6O3/c1-12-7-13(23(25,26)27)9-14(8-12)31-16-3-2-5-33(21(16)34)17-10-32(6-4-15(17)22(35)36)20-18(24)19(28)29-11-30-20/h7-9,11,15-17,31H,2-6,10H2,1H3,(H,35,36)(H2,28,29,30)/t15-,16+,17-/m0/s1. The van der Waals surface area contributed by atoms with Crippen LogP contribution in [0.25, 0.3) is 0 Å². The van der Waals surface area contributed by atoms with E-state index in [2.05, 4.69) is 15.3 Å². The van der Waals surface area contributed by atoms with Crippen LogP contribution < -0.4 is 16.0 Å². The first-order valence-electron chi connectivity index (χ1n) is 11.5. The zero-order valence-electron chi connectivity index (χ0n) is 19.4. The number of nitrogens with two attached hydrogens (primary N) is 1. The number of nitrogen functional groups attached to an aromatic ring is 1. The number of hydrogen-bond acceptors (Lipinski definition) is 7. The highest BCUT2D eigenvalue weighted by atomic mass is 19.4. The number of aryl methyl sites for hydroxylation is 1. The second-order valence-corrected chi connectivity index (χ2v) is 9.10. The van der Waals surface area contributed by atoms with Gasteiger partial charge in [0.25, 0.3) is 0 Å². The number of hydrogen-bond donors (Lipinski definition) is 3. The number of carboxylic acid groups (broad SMARTS) is 1. The smallest absolute Gasteiger partial charge is 0.416 e. The minimum Gasteiger partial charge on any atom is -0.481 e. The molecule has 2 fully saturated rings. The molecule has 2 saturated heterocycles. The number of carbonyl (C=O) groups excluding carboxylic acids is 1. The Morgan fingerprint density at radius 1 is 1.19 bits per heavy atom. The lowest BCUT2D eigenvalue weighted by Gasteiger charge is -2.45. The molecule has 0 radical (unpaired) electrons. The second-order valence-electron chi connectivity index (χ2n) is 9.10. The molecule has 4 rings (SSSR count). The maximum atomic E-state index is 14.6. The molecule has 9 nitrogen and oxygen atoms in total. The molecule has 3 heterocycles. The van der Waals surface area contributed by atoms with E-state index >= 15 is 0 Å². The van der Waals surface area contributed by atoms with Crippen molar-refractivity contribution >= 4 is 29.2 Å². The highest BCUT2D eigenvalue weighted by Crippen LogP contribution is 2.34. The van der Waals surface area contributed by atoms with Crippen LogP contribution in [0.15, 0.2) is 24.5 Å². The number of nitrogens with one attached hydrogen (secondary N) is 1. The van der Waals surface area contributed by atoms with Gasteiger partial charge in [-0.3, -0.25) is 9.59 Å². The second kappa shape index (κ2) is 9.78. The van der Waals surface area contributed by atoms with Crippen LogP contribution in [0.4, 0.5) is 34.9 Å². The SMILES string of the molecule is Cc1cc(N[C@@H]2CCCN([C@H]3CN(c4ncnc(N)c4F)CC[C@@H]3C(=O)O)C2=O)cc(C(F)(F)F)c1. The Kier molecular flexibility index (Phi) is 6.92. The molecule has 194 valence electrons. The van der Waals surface area contributed by atoms with Crippen molar-refractivity contribution in [3.05, 3.63) is 41.5 Å². The summed E-state index contributed by atoms with van der Waals surface area (Å²) in [5.74, 6) is -3.64. The molecule has 0 spiro atoms. The first kappa shape index (κ1) is 25.5. The Labute approximate surface area is 204 Å². The van der Waals surface area contributed by atoms with Gasteiger partial charge in [-0.25, -0.2) is 9.97 Å².